The van der Waals surface area contributed by atoms with Crippen molar-refractivity contribution < 1.29 is 80.2 Å². The quantitative estimate of drug-likeness (QED) is 0.0169. The minimum absolute atomic E-state index is 0.0859. The van der Waals surface area contributed by atoms with E-state index in [0.29, 0.717) is 25.7 Å². The molecule has 0 aromatic heterocycles. The molecule has 3 unspecified atom stereocenters. The highest BCUT2D eigenvalue weighted by Crippen LogP contribution is 2.45. The molecule has 0 aliphatic heterocycles. The molecule has 0 aliphatic rings. The van der Waals surface area contributed by atoms with Gasteiger partial charge in [0.25, 0.3) is 0 Å². The second kappa shape index (κ2) is 79.2. The van der Waals surface area contributed by atoms with Crippen LogP contribution in [0.1, 0.15) is 446 Å². The third kappa shape index (κ3) is 78.2. The molecule has 0 rings (SSSR count). The minimum Gasteiger partial charge on any atom is -0.462 e. The van der Waals surface area contributed by atoms with Crippen molar-refractivity contribution in [3.05, 3.63) is 24.3 Å². The first kappa shape index (κ1) is 104. The Hall–Kier alpha value is -2.46. The number of hydrogen-bond acceptors (Lipinski definition) is 15. The highest BCUT2D eigenvalue weighted by molar-refractivity contribution is 7.47. The predicted octanol–water partition coefficient (Wildman–Crippen LogP) is 26.3. The molecule has 0 saturated heterocycles. The van der Waals surface area contributed by atoms with Gasteiger partial charge < -0.3 is 33.8 Å². The highest BCUT2D eigenvalue weighted by Gasteiger charge is 2.30. The van der Waals surface area contributed by atoms with Crippen LogP contribution in [0.25, 0.3) is 0 Å². The van der Waals surface area contributed by atoms with Crippen LogP contribution in [-0.2, 0) is 65.4 Å². The Morgan fingerprint density at radius 3 is 0.802 bits per heavy atom. The van der Waals surface area contributed by atoms with Crippen molar-refractivity contribution in [1.82, 2.24) is 0 Å². The van der Waals surface area contributed by atoms with Crippen LogP contribution in [0.5, 0.6) is 0 Å². The fourth-order valence-electron chi connectivity index (χ4n) is 13.1. The van der Waals surface area contributed by atoms with Crippen LogP contribution < -0.4 is 0 Å². The summed E-state index contributed by atoms with van der Waals surface area (Å²) in [5, 5.41) is 10.7. The van der Waals surface area contributed by atoms with Gasteiger partial charge in [-0.05, 0) is 57.3 Å². The summed E-state index contributed by atoms with van der Waals surface area (Å²) in [6, 6.07) is 0. The van der Waals surface area contributed by atoms with Gasteiger partial charge in [-0.2, -0.15) is 0 Å². The van der Waals surface area contributed by atoms with Crippen molar-refractivity contribution in [1.29, 1.82) is 0 Å². The normalized spacial score (nSPS) is 14.2. The van der Waals surface area contributed by atoms with E-state index in [1.165, 1.54) is 257 Å². The fourth-order valence-corrected chi connectivity index (χ4v) is 14.7. The van der Waals surface area contributed by atoms with E-state index in [1.54, 1.807) is 0 Å². The van der Waals surface area contributed by atoms with E-state index in [0.717, 1.165) is 109 Å². The summed E-state index contributed by atoms with van der Waals surface area (Å²) in [7, 11) is -9.94. The Morgan fingerprint density at radius 1 is 0.302 bits per heavy atom. The summed E-state index contributed by atoms with van der Waals surface area (Å²) < 4.78 is 68.9. The molecule has 626 valence electrons. The van der Waals surface area contributed by atoms with E-state index in [4.69, 9.17) is 37.0 Å². The molecule has 3 N–H and O–H groups in total. The molecule has 0 fully saturated rings. The van der Waals surface area contributed by atoms with Gasteiger partial charge in [-0.25, -0.2) is 9.13 Å². The van der Waals surface area contributed by atoms with Crippen molar-refractivity contribution in [3.63, 3.8) is 0 Å². The Bertz CT molecular complexity index is 2110. The first-order chi connectivity index (χ1) is 51.6. The van der Waals surface area contributed by atoms with Gasteiger partial charge in [0, 0.05) is 25.7 Å². The first-order valence-electron chi connectivity index (χ1n) is 44.5. The van der Waals surface area contributed by atoms with E-state index < -0.39 is 97.5 Å². The smallest absolute Gasteiger partial charge is 0.462 e. The predicted molar refractivity (Wildman–Crippen MR) is 437 cm³/mol. The molecule has 0 heterocycles. The number of allylic oxidation sites excluding steroid dienone is 4. The lowest BCUT2D eigenvalue weighted by atomic mass is 9.99. The van der Waals surface area contributed by atoms with E-state index in [2.05, 4.69) is 58.9 Å². The molecule has 0 aliphatic carbocycles. The maximum absolute atomic E-state index is 13.2. The minimum atomic E-state index is -4.97. The number of carbonyl (C=O) groups excluding carboxylic acids is 4. The number of phosphoric ester groups is 2. The van der Waals surface area contributed by atoms with E-state index in [9.17, 15) is 43.2 Å². The van der Waals surface area contributed by atoms with E-state index >= 15 is 0 Å². The third-order valence-corrected chi connectivity index (χ3v) is 22.2. The number of aliphatic hydroxyl groups is 1. The van der Waals surface area contributed by atoms with Crippen LogP contribution >= 0.6 is 15.6 Å². The molecule has 0 saturated carbocycles. The number of phosphoric acid groups is 2. The maximum atomic E-state index is 13.2. The molecule has 17 nitrogen and oxygen atoms in total. The van der Waals surface area contributed by atoms with E-state index in [-0.39, 0.29) is 25.7 Å². The Kier molecular flexibility index (Phi) is 77.4. The summed E-state index contributed by atoms with van der Waals surface area (Å²) in [5.41, 5.74) is 0. The van der Waals surface area contributed by atoms with Gasteiger partial charge in [0.1, 0.15) is 19.3 Å². The molecule has 6 atom stereocenters. The summed E-state index contributed by atoms with van der Waals surface area (Å²) >= 11 is 0. The second-order valence-electron chi connectivity index (χ2n) is 30.8. The average Bonchev–Trinajstić information content (AvgIpc) is 1.01. The van der Waals surface area contributed by atoms with Crippen molar-refractivity contribution >= 4 is 39.5 Å². The van der Waals surface area contributed by atoms with Gasteiger partial charge >= 0.3 is 39.5 Å². The number of ether oxygens (including phenoxy) is 4. The summed E-state index contributed by atoms with van der Waals surface area (Å²) in [6.45, 7) is 7.37. The maximum Gasteiger partial charge on any atom is 0.472 e. The molecular weight excluding hydrogens is 1380 g/mol. The van der Waals surface area contributed by atoms with Gasteiger partial charge in [-0.15, -0.1) is 0 Å². The Morgan fingerprint density at radius 2 is 0.528 bits per heavy atom. The average molecular weight is 1550 g/mol. The number of carbonyl (C=O) groups is 4. The molecule has 106 heavy (non-hydrogen) atoms. The molecule has 19 heteroatoms. The first-order valence-corrected chi connectivity index (χ1v) is 47.5. The fraction of sp³-hybridized carbons (Fsp3) is 0.908. The lowest BCUT2D eigenvalue weighted by Gasteiger charge is -2.21. The summed E-state index contributed by atoms with van der Waals surface area (Å²) in [5.74, 6) is -1.26. The molecule has 0 bridgehead atoms. The Labute approximate surface area is 650 Å². The number of aliphatic hydroxyl groups excluding tert-OH is 1. The van der Waals surface area contributed by atoms with Crippen LogP contribution in [0.15, 0.2) is 24.3 Å². The van der Waals surface area contributed by atoms with E-state index in [1.807, 2.05) is 0 Å². The number of unbranched alkanes of at least 4 members (excludes halogenated alkanes) is 53. The lowest BCUT2D eigenvalue weighted by molar-refractivity contribution is -0.161. The van der Waals surface area contributed by atoms with Crippen molar-refractivity contribution in [2.24, 2.45) is 5.92 Å². The highest BCUT2D eigenvalue weighted by atomic mass is 31.2. The zero-order chi connectivity index (χ0) is 77.6. The summed E-state index contributed by atoms with van der Waals surface area (Å²) in [4.78, 5) is 73.2. The van der Waals surface area contributed by atoms with Gasteiger partial charge in [-0.3, -0.25) is 37.3 Å². The van der Waals surface area contributed by atoms with Gasteiger partial charge in [0.05, 0.1) is 26.4 Å². The molecule has 0 aromatic rings. The monoisotopic (exact) mass is 1550 g/mol. The number of rotatable bonds is 85. The van der Waals surface area contributed by atoms with Gasteiger partial charge in [0.2, 0.25) is 0 Å². The topological polar surface area (TPSA) is 237 Å². The van der Waals surface area contributed by atoms with Crippen LogP contribution in [0, 0.1) is 5.92 Å². The van der Waals surface area contributed by atoms with Crippen LogP contribution in [0.2, 0.25) is 0 Å². The molecule has 0 spiro atoms. The zero-order valence-electron chi connectivity index (χ0n) is 69.1. The molecule has 0 amide bonds. The Balaban J connectivity index is 5.27. The van der Waals surface area contributed by atoms with Gasteiger partial charge in [0.15, 0.2) is 12.2 Å². The van der Waals surface area contributed by atoms with Crippen molar-refractivity contribution in [2.75, 3.05) is 39.6 Å². The molecular formula is C87H166O17P2. The molecule has 0 aromatic carbocycles. The molecule has 0 radical (unpaired) electrons. The lowest BCUT2D eigenvalue weighted by Crippen LogP contribution is -2.30. The second-order valence-corrected chi connectivity index (χ2v) is 33.7. The van der Waals surface area contributed by atoms with Crippen molar-refractivity contribution in [2.45, 2.75) is 464 Å². The number of esters is 4. The zero-order valence-corrected chi connectivity index (χ0v) is 70.9. The summed E-state index contributed by atoms with van der Waals surface area (Å²) in [6.07, 6.45) is 75.7. The SMILES string of the molecule is CCCCCC/C=C\C=C/CCCCCCCC(=O)O[C@H](COC(=O)CCCCCCCCCCCCCC)COP(=O)(O)OC[C@H](O)COP(=O)(O)OC[C@@H](COC(=O)CCCCCCCCCCCCCCCCCCC)OC(=O)CCCCCCCCCCCCCCCCCCCCC(C)CC. The third-order valence-electron chi connectivity index (χ3n) is 20.3. The van der Waals surface area contributed by atoms with Crippen molar-refractivity contribution in [3.8, 4) is 0 Å². The number of hydrogen-bond donors (Lipinski definition) is 3. The van der Waals surface area contributed by atoms with Crippen LogP contribution in [0.4, 0.5) is 0 Å². The largest absolute Gasteiger partial charge is 0.472 e. The van der Waals surface area contributed by atoms with Gasteiger partial charge in [-0.1, -0.05) is 393 Å². The standard InChI is InChI=1S/C87H166O17P2/c1-6-10-13-16-19-22-25-28-30-33-38-41-46-51-56-61-66-71-85(90)98-77-83(104-87(92)73-68-63-58-53-48-43-39-35-32-31-34-37-40-44-49-54-59-64-69-80(5)9-4)79-102-106(95,96)100-75-81(88)74-99-105(93,94)101-78-82(76-97-84(89)70-65-60-55-50-45-27-24-21-18-15-12-8-3)103-86(91)72-67-62-57-52-47-42-36-29-26-23-20-17-14-11-7-2/h23,26,29,36,80-83,88H,6-22,24-25,27-28,30-35,37-79H2,1-5H3,(H,93,94)(H,95,96)/b26-23-,36-29-/t80?,81-,82+,83+/m0/s1. The van der Waals surface area contributed by atoms with Crippen LogP contribution in [0.3, 0.4) is 0 Å². The van der Waals surface area contributed by atoms with Crippen LogP contribution in [-0.4, -0.2) is 96.7 Å².